The lowest BCUT2D eigenvalue weighted by Crippen LogP contribution is -2.80. The first-order valence-electron chi connectivity index (χ1n) is 15.4. The Bertz CT molecular complexity index is 1490. The minimum absolute atomic E-state index is 0.955. The van der Waals surface area contributed by atoms with Crippen LogP contribution in [0.5, 0.6) is 0 Å². The lowest BCUT2D eigenvalue weighted by atomic mass is 10.3. The molecule has 0 saturated heterocycles. The normalized spacial score (nSPS) is 12.8. The average molecular weight is 680 g/mol. The van der Waals surface area contributed by atoms with Crippen LogP contribution in [0, 0.1) is 0 Å². The highest BCUT2D eigenvalue weighted by molar-refractivity contribution is 7.14. The molecule has 0 N–H and O–H groups in total. The van der Waals surface area contributed by atoms with E-state index in [1.54, 1.807) is 0 Å². The largest absolute Gasteiger partial charge is 0.437 e. The van der Waals surface area contributed by atoms with Gasteiger partial charge in [0.05, 0.1) is 0 Å². The van der Waals surface area contributed by atoms with Crippen molar-refractivity contribution in [2.75, 3.05) is 0 Å². The van der Waals surface area contributed by atoms with Gasteiger partial charge in [-0.3, -0.25) is 0 Å². The monoisotopic (exact) mass is 679 g/mol. The van der Waals surface area contributed by atoms with E-state index in [2.05, 4.69) is 191 Å². The Hall–Kier alpha value is -2.98. The fraction of sp³-hybridized carbons (Fsp3) is 0.167. The maximum absolute atomic E-state index is 8.18. The lowest BCUT2D eigenvalue weighted by Gasteiger charge is -2.46. The van der Waals surface area contributed by atoms with Crippen molar-refractivity contribution in [3.05, 3.63) is 152 Å². The topological polar surface area (TPSA) is 36.9 Å². The van der Waals surface area contributed by atoms with Crippen LogP contribution >= 0.6 is 0 Å². The third-order valence-electron chi connectivity index (χ3n) is 7.48. The zero-order valence-corrected chi connectivity index (χ0v) is 32.1. The number of hydrogen-bond acceptors (Lipinski definition) is 4. The maximum atomic E-state index is 8.18. The number of hydrogen-bond donors (Lipinski definition) is 0. The number of benzene rings is 5. The first kappa shape index (κ1) is 33.4. The van der Waals surface area contributed by atoms with Crippen LogP contribution in [0.4, 0.5) is 0 Å². The van der Waals surface area contributed by atoms with E-state index in [0.29, 0.717) is 0 Å². The van der Waals surface area contributed by atoms with E-state index >= 15 is 0 Å². The van der Waals surface area contributed by atoms with Crippen LogP contribution in [-0.4, -0.2) is 43.0 Å². The first-order valence-corrected chi connectivity index (χ1v) is 27.2. The molecule has 0 aromatic heterocycles. The van der Waals surface area contributed by atoms with Crippen LogP contribution in [0.3, 0.4) is 0 Å². The highest BCUT2D eigenvalue weighted by Gasteiger charge is 2.56. The summed E-state index contributed by atoms with van der Waals surface area (Å²) >= 11 is 0. The Morgan fingerprint density at radius 2 is 0.689 bits per heavy atom. The van der Waals surface area contributed by atoms with E-state index in [0.717, 1.165) is 25.9 Å². The van der Waals surface area contributed by atoms with Crippen molar-refractivity contribution in [1.82, 2.24) is 0 Å². The molecule has 0 aliphatic carbocycles. The predicted molar refractivity (Wildman–Crippen MR) is 199 cm³/mol. The second-order valence-corrected chi connectivity index (χ2v) is 28.4. The summed E-state index contributed by atoms with van der Waals surface area (Å²) in [6.45, 7) is 12.9. The highest BCUT2D eigenvalue weighted by atomic mass is 28.5. The summed E-state index contributed by atoms with van der Waals surface area (Å²) in [6, 6.07) is 53.3. The number of rotatable bonds is 13. The molecule has 0 aliphatic heterocycles. The molecule has 5 rings (SSSR count). The molecule has 4 nitrogen and oxygen atoms in total. The zero-order valence-electron chi connectivity index (χ0n) is 27.1. The van der Waals surface area contributed by atoms with Gasteiger partial charge in [-0.05, 0) is 65.2 Å². The summed E-state index contributed by atoms with van der Waals surface area (Å²) in [5, 5.41) is 5.60. The summed E-state index contributed by atoms with van der Waals surface area (Å²) in [5.41, 5.74) is 0. The van der Waals surface area contributed by atoms with Crippen molar-refractivity contribution < 1.29 is 16.5 Å². The second kappa shape index (κ2) is 14.2. The van der Waals surface area contributed by atoms with Crippen LogP contribution in [0.25, 0.3) is 0 Å². The molecule has 0 saturated carbocycles. The molecule has 0 aliphatic rings. The third kappa shape index (κ3) is 7.71. The molecule has 0 amide bonds. The Balaban J connectivity index is 1.83. The smallest absolute Gasteiger partial charge is 0.388 e. The van der Waals surface area contributed by atoms with Gasteiger partial charge in [0.1, 0.15) is 0 Å². The molecule has 45 heavy (non-hydrogen) atoms. The third-order valence-corrected chi connectivity index (χ3v) is 26.1. The van der Waals surface area contributed by atoms with Crippen molar-refractivity contribution in [2.24, 2.45) is 0 Å². The van der Waals surface area contributed by atoms with Gasteiger partial charge < -0.3 is 16.5 Å². The summed E-state index contributed by atoms with van der Waals surface area (Å²) in [5.74, 6) is 0. The van der Waals surface area contributed by atoms with Crippen LogP contribution in [0.1, 0.15) is 0 Å². The Labute approximate surface area is 275 Å². The molecular formula is C36H43O4Si5. The van der Waals surface area contributed by atoms with Crippen LogP contribution < -0.4 is 25.9 Å². The van der Waals surface area contributed by atoms with Gasteiger partial charge in [0.25, 0.3) is 8.32 Å². The predicted octanol–water partition coefficient (Wildman–Crippen LogP) is 5.63. The van der Waals surface area contributed by atoms with Crippen molar-refractivity contribution >= 4 is 69.0 Å². The fourth-order valence-corrected chi connectivity index (χ4v) is 28.8. The minimum atomic E-state index is -3.53. The Morgan fingerprint density at radius 1 is 0.378 bits per heavy atom. The summed E-state index contributed by atoms with van der Waals surface area (Å²) in [7, 11) is -13.1. The van der Waals surface area contributed by atoms with Gasteiger partial charge in [-0.2, -0.15) is 0 Å². The van der Waals surface area contributed by atoms with Gasteiger partial charge in [0.2, 0.25) is 0 Å². The van der Waals surface area contributed by atoms with Crippen molar-refractivity contribution in [3.8, 4) is 0 Å². The fourth-order valence-electron chi connectivity index (χ4n) is 6.12. The van der Waals surface area contributed by atoms with Crippen molar-refractivity contribution in [1.29, 1.82) is 0 Å². The van der Waals surface area contributed by atoms with Crippen LogP contribution in [-0.2, 0) is 16.5 Å². The van der Waals surface area contributed by atoms with Crippen molar-refractivity contribution in [2.45, 2.75) is 39.3 Å². The Kier molecular flexibility index (Phi) is 10.5. The second-order valence-electron chi connectivity index (χ2n) is 12.2. The van der Waals surface area contributed by atoms with E-state index in [4.69, 9.17) is 16.5 Å². The van der Waals surface area contributed by atoms with E-state index in [9.17, 15) is 0 Å². The van der Waals surface area contributed by atoms with E-state index in [-0.39, 0.29) is 0 Å². The summed E-state index contributed by atoms with van der Waals surface area (Å²) in [6.07, 6.45) is 0. The van der Waals surface area contributed by atoms with Gasteiger partial charge in [0, 0.05) is 0 Å². The van der Waals surface area contributed by atoms with Gasteiger partial charge in [-0.25, -0.2) is 0 Å². The van der Waals surface area contributed by atoms with Gasteiger partial charge >= 0.3 is 25.7 Å². The highest BCUT2D eigenvalue weighted by Crippen LogP contribution is 2.26. The molecule has 5 aromatic rings. The Morgan fingerprint density at radius 3 is 1.00 bits per heavy atom. The molecule has 9 heteroatoms. The van der Waals surface area contributed by atoms with Gasteiger partial charge in [-0.15, -0.1) is 0 Å². The molecule has 0 bridgehead atoms. The molecule has 231 valence electrons. The molecule has 0 atom stereocenters. The molecule has 0 spiro atoms. The molecule has 1 radical (unpaired) electrons. The van der Waals surface area contributed by atoms with E-state index in [1.807, 2.05) is 0 Å². The molecular weight excluding hydrogens is 637 g/mol. The summed E-state index contributed by atoms with van der Waals surface area (Å²) < 4.78 is 29.3. The maximum Gasteiger partial charge on any atom is 0.388 e. The standard InChI is InChI=1S/C36H43O4Si5/c1-41(2)37-42(3,4)38-43(5,6)39-45(35-28-18-10-19-29-35,36-30-20-11-21-31-36)40-44(32-22-12-7-13-23-32,33-24-14-8-15-25-33)34-26-16-9-17-27-34/h7-31H,1-6H3. The molecule has 5 aromatic carbocycles. The lowest BCUT2D eigenvalue weighted by molar-refractivity contribution is 0.311. The summed E-state index contributed by atoms with van der Waals surface area (Å²) in [4.78, 5) is 0. The molecule has 0 fully saturated rings. The average Bonchev–Trinajstić information content (AvgIpc) is 3.04. The van der Waals surface area contributed by atoms with E-state index < -0.39 is 43.0 Å². The molecule has 0 heterocycles. The van der Waals surface area contributed by atoms with Gasteiger partial charge in [-0.1, -0.05) is 152 Å². The van der Waals surface area contributed by atoms with Crippen LogP contribution in [0.2, 0.25) is 39.3 Å². The molecule has 0 unspecified atom stereocenters. The van der Waals surface area contributed by atoms with Crippen LogP contribution in [0.15, 0.2) is 152 Å². The SMILES string of the molecule is C[Si](C)O[Si](C)(C)O[Si](C)(C)O[Si](O[Si](c1ccccc1)(c1ccccc1)c1ccccc1)(c1ccccc1)c1ccccc1. The van der Waals surface area contributed by atoms with E-state index in [1.165, 1.54) is 0 Å². The quantitative estimate of drug-likeness (QED) is 0.120. The van der Waals surface area contributed by atoms with Gasteiger partial charge in [0.15, 0.2) is 9.04 Å². The minimum Gasteiger partial charge on any atom is -0.437 e. The first-order chi connectivity index (χ1) is 21.6. The van der Waals surface area contributed by atoms with Crippen molar-refractivity contribution in [3.63, 3.8) is 0 Å². The zero-order chi connectivity index (χ0) is 32.0.